The summed E-state index contributed by atoms with van der Waals surface area (Å²) < 4.78 is 5.94. The van der Waals surface area contributed by atoms with E-state index in [4.69, 9.17) is 4.74 Å². The van der Waals surface area contributed by atoms with E-state index in [0.717, 1.165) is 38.1 Å². The Hall–Kier alpha value is -2.15. The quantitative estimate of drug-likeness (QED) is 0.820. The normalized spacial score (nSPS) is 18.7. The first-order valence-electron chi connectivity index (χ1n) is 9.91. The van der Waals surface area contributed by atoms with Crippen molar-refractivity contribution >= 4 is 17.5 Å². The molecule has 3 heterocycles. The molecule has 0 aliphatic carbocycles. The molecule has 0 atom stereocenters. The average Bonchev–Trinajstić information content (AvgIpc) is 2.68. The fourth-order valence-corrected chi connectivity index (χ4v) is 3.45. The van der Waals surface area contributed by atoms with Crippen molar-refractivity contribution in [2.45, 2.75) is 39.2 Å². The second-order valence-electron chi connectivity index (χ2n) is 7.72. The highest BCUT2D eigenvalue weighted by Gasteiger charge is 2.25. The fraction of sp³-hybridized carbons (Fsp3) is 0.650. The largest absolute Gasteiger partial charge is 0.378 e. The molecule has 0 radical (unpaired) electrons. The van der Waals surface area contributed by atoms with E-state index in [2.05, 4.69) is 24.1 Å². The van der Waals surface area contributed by atoms with Crippen molar-refractivity contribution in [3.63, 3.8) is 0 Å². The lowest BCUT2D eigenvalue weighted by atomic mass is 10.1. The van der Waals surface area contributed by atoms with Crippen LogP contribution >= 0.6 is 0 Å². The van der Waals surface area contributed by atoms with Crippen LogP contribution in [0.1, 0.15) is 43.6 Å². The molecule has 7 nitrogen and oxygen atoms in total. The molecule has 0 bridgehead atoms. The van der Waals surface area contributed by atoms with Gasteiger partial charge in [-0.2, -0.15) is 0 Å². The highest BCUT2D eigenvalue weighted by molar-refractivity contribution is 5.93. The summed E-state index contributed by atoms with van der Waals surface area (Å²) in [6.45, 7) is 8.26. The van der Waals surface area contributed by atoms with Gasteiger partial charge in [-0.1, -0.05) is 13.8 Å². The van der Waals surface area contributed by atoms with Gasteiger partial charge in [-0.3, -0.25) is 14.6 Å². The van der Waals surface area contributed by atoms with Crippen molar-refractivity contribution < 1.29 is 14.3 Å². The monoisotopic (exact) mass is 374 g/mol. The zero-order valence-corrected chi connectivity index (χ0v) is 16.3. The van der Waals surface area contributed by atoms with Crippen molar-refractivity contribution in [1.82, 2.24) is 15.2 Å². The van der Waals surface area contributed by atoms with Crippen molar-refractivity contribution in [1.29, 1.82) is 0 Å². The molecule has 1 N–H and O–H groups in total. The van der Waals surface area contributed by atoms with Crippen LogP contribution < -0.4 is 10.2 Å². The second-order valence-corrected chi connectivity index (χ2v) is 7.72. The smallest absolute Gasteiger partial charge is 0.272 e. The number of hydrogen-bond donors (Lipinski definition) is 1. The number of nitrogens with one attached hydrogen (secondary N) is 1. The zero-order chi connectivity index (χ0) is 19.2. The van der Waals surface area contributed by atoms with Gasteiger partial charge in [0.1, 0.15) is 5.69 Å². The second kappa shape index (κ2) is 9.17. The number of rotatable bonds is 6. The van der Waals surface area contributed by atoms with Crippen LogP contribution in [-0.2, 0) is 9.53 Å². The van der Waals surface area contributed by atoms with Crippen LogP contribution in [0.3, 0.4) is 0 Å². The lowest BCUT2D eigenvalue weighted by Gasteiger charge is -2.32. The summed E-state index contributed by atoms with van der Waals surface area (Å²) in [7, 11) is 0. The summed E-state index contributed by atoms with van der Waals surface area (Å²) in [5, 5.41) is 2.81. The summed E-state index contributed by atoms with van der Waals surface area (Å²) in [4.78, 5) is 32.5. The molecule has 0 aromatic carbocycles. The third kappa shape index (κ3) is 5.42. The van der Waals surface area contributed by atoms with Crippen molar-refractivity contribution in [3.8, 4) is 0 Å². The third-order valence-corrected chi connectivity index (χ3v) is 5.14. The van der Waals surface area contributed by atoms with Gasteiger partial charge >= 0.3 is 0 Å². The zero-order valence-electron chi connectivity index (χ0n) is 16.3. The minimum Gasteiger partial charge on any atom is -0.378 e. The van der Waals surface area contributed by atoms with Gasteiger partial charge in [0.2, 0.25) is 5.91 Å². The number of aromatic nitrogens is 1. The number of carbonyl (C=O) groups is 2. The molecular weight excluding hydrogens is 344 g/mol. The molecule has 2 aliphatic heterocycles. The Bertz CT molecular complexity index is 656. The number of piperazine rings is 1. The van der Waals surface area contributed by atoms with Crippen molar-refractivity contribution in [2.75, 3.05) is 44.2 Å². The molecule has 2 fully saturated rings. The fourth-order valence-electron chi connectivity index (χ4n) is 3.45. The van der Waals surface area contributed by atoms with E-state index in [9.17, 15) is 9.59 Å². The molecule has 1 aromatic rings. The number of pyridine rings is 1. The van der Waals surface area contributed by atoms with Gasteiger partial charge in [-0.05, 0) is 37.3 Å². The summed E-state index contributed by atoms with van der Waals surface area (Å²) in [5.41, 5.74) is 1.31. The molecule has 3 rings (SSSR count). The predicted molar refractivity (Wildman–Crippen MR) is 104 cm³/mol. The first-order chi connectivity index (χ1) is 13.0. The molecule has 2 saturated heterocycles. The van der Waals surface area contributed by atoms with Crippen LogP contribution in [0.2, 0.25) is 0 Å². The lowest BCUT2D eigenvalue weighted by molar-refractivity contribution is -0.120. The summed E-state index contributed by atoms with van der Waals surface area (Å²) >= 11 is 0. The Morgan fingerprint density at radius 3 is 2.81 bits per heavy atom. The van der Waals surface area contributed by atoms with E-state index in [1.54, 1.807) is 12.3 Å². The number of ether oxygens (including phenoxy) is 1. The Morgan fingerprint density at radius 1 is 1.33 bits per heavy atom. The summed E-state index contributed by atoms with van der Waals surface area (Å²) in [6.07, 6.45) is 4.71. The van der Waals surface area contributed by atoms with Crippen LogP contribution in [0.4, 0.5) is 5.69 Å². The standard InChI is InChI=1S/C20H30N4O3/c1-15(2)6-12-27-17-4-9-23(10-5-17)20(26)18-13-16(3-7-21-18)24-11-8-22-19(25)14-24/h3,7,13,15,17H,4-6,8-12,14H2,1-2H3,(H,22,25). The molecule has 0 unspecified atom stereocenters. The molecule has 7 heteroatoms. The number of nitrogens with zero attached hydrogens (tertiary/aromatic N) is 3. The SMILES string of the molecule is CC(C)CCOC1CCN(C(=O)c2cc(N3CCNC(=O)C3)ccn2)CC1. The number of carbonyl (C=O) groups excluding carboxylic acids is 2. The van der Waals surface area contributed by atoms with Gasteiger partial charge in [-0.25, -0.2) is 0 Å². The first kappa shape index (κ1) is 19.6. The Balaban J connectivity index is 1.54. The predicted octanol–water partition coefficient (Wildman–Crippen LogP) is 1.69. The van der Waals surface area contributed by atoms with E-state index in [1.807, 2.05) is 15.9 Å². The molecule has 2 aliphatic rings. The van der Waals surface area contributed by atoms with E-state index in [0.29, 0.717) is 37.8 Å². The van der Waals surface area contributed by atoms with Gasteiger partial charge in [0, 0.05) is 44.7 Å². The van der Waals surface area contributed by atoms with Gasteiger partial charge in [-0.15, -0.1) is 0 Å². The minimum atomic E-state index is -0.0426. The Kier molecular flexibility index (Phi) is 6.66. The number of likely N-dealkylation sites (tertiary alicyclic amines) is 1. The van der Waals surface area contributed by atoms with Gasteiger partial charge in [0.05, 0.1) is 12.6 Å². The van der Waals surface area contributed by atoms with Crippen LogP contribution in [0.25, 0.3) is 0 Å². The maximum atomic E-state index is 12.8. The van der Waals surface area contributed by atoms with E-state index < -0.39 is 0 Å². The topological polar surface area (TPSA) is 74.8 Å². The highest BCUT2D eigenvalue weighted by Crippen LogP contribution is 2.20. The molecule has 27 heavy (non-hydrogen) atoms. The van der Waals surface area contributed by atoms with Crippen LogP contribution in [0.5, 0.6) is 0 Å². The van der Waals surface area contributed by atoms with E-state index >= 15 is 0 Å². The highest BCUT2D eigenvalue weighted by atomic mass is 16.5. The molecule has 0 spiro atoms. The third-order valence-electron chi connectivity index (χ3n) is 5.14. The van der Waals surface area contributed by atoms with Gasteiger partial charge in [0.15, 0.2) is 0 Å². The maximum Gasteiger partial charge on any atom is 0.272 e. The number of anilines is 1. The van der Waals surface area contributed by atoms with Crippen LogP contribution in [-0.4, -0.2) is 67.1 Å². The molecule has 148 valence electrons. The minimum absolute atomic E-state index is 0.00507. The molecule has 0 saturated carbocycles. The molecule has 1 aromatic heterocycles. The maximum absolute atomic E-state index is 12.8. The number of amides is 2. The number of hydrogen-bond acceptors (Lipinski definition) is 5. The van der Waals surface area contributed by atoms with Gasteiger partial charge in [0.25, 0.3) is 5.91 Å². The van der Waals surface area contributed by atoms with Crippen LogP contribution in [0, 0.1) is 5.92 Å². The number of piperidine rings is 1. The van der Waals surface area contributed by atoms with Crippen molar-refractivity contribution in [2.24, 2.45) is 5.92 Å². The van der Waals surface area contributed by atoms with Crippen LogP contribution in [0.15, 0.2) is 18.3 Å². The first-order valence-corrected chi connectivity index (χ1v) is 9.91. The van der Waals surface area contributed by atoms with E-state index in [-0.39, 0.29) is 17.9 Å². The van der Waals surface area contributed by atoms with Gasteiger partial charge < -0.3 is 19.9 Å². The molecular formula is C20H30N4O3. The summed E-state index contributed by atoms with van der Waals surface area (Å²) in [6, 6.07) is 3.65. The van der Waals surface area contributed by atoms with E-state index in [1.165, 1.54) is 0 Å². The van der Waals surface area contributed by atoms with Crippen molar-refractivity contribution in [3.05, 3.63) is 24.0 Å². The Labute approximate surface area is 161 Å². The summed E-state index contributed by atoms with van der Waals surface area (Å²) in [5.74, 6) is 0.611. The molecule has 2 amide bonds. The lowest BCUT2D eigenvalue weighted by Crippen LogP contribution is -2.47. The average molecular weight is 374 g/mol. The Morgan fingerprint density at radius 2 is 2.11 bits per heavy atom.